The lowest BCUT2D eigenvalue weighted by Crippen LogP contribution is -2.23. The van der Waals surface area contributed by atoms with E-state index in [0.29, 0.717) is 17.9 Å². The van der Waals surface area contributed by atoms with Crippen molar-refractivity contribution in [2.45, 2.75) is 13.5 Å². The van der Waals surface area contributed by atoms with Crippen molar-refractivity contribution in [1.82, 2.24) is 25.1 Å². The van der Waals surface area contributed by atoms with E-state index in [1.54, 1.807) is 0 Å². The van der Waals surface area contributed by atoms with Gasteiger partial charge in [-0.3, -0.25) is 9.89 Å². The second-order valence-corrected chi connectivity index (χ2v) is 4.68. The lowest BCUT2D eigenvalue weighted by atomic mass is 10.1. The van der Waals surface area contributed by atoms with Gasteiger partial charge in [0.25, 0.3) is 5.91 Å². The van der Waals surface area contributed by atoms with Gasteiger partial charge < -0.3 is 9.88 Å². The first-order chi connectivity index (χ1) is 9.65. The minimum absolute atomic E-state index is 0.121. The van der Waals surface area contributed by atoms with E-state index in [1.807, 2.05) is 49.0 Å². The van der Waals surface area contributed by atoms with E-state index < -0.39 is 0 Å². The van der Waals surface area contributed by atoms with Crippen LogP contribution in [0, 0.1) is 6.92 Å². The number of nitrogens with zero attached hydrogens (tertiary/aromatic N) is 3. The molecule has 0 aliphatic carbocycles. The van der Waals surface area contributed by atoms with Crippen LogP contribution in [0.1, 0.15) is 22.0 Å². The monoisotopic (exact) mass is 269 g/mol. The Labute approximate surface area is 115 Å². The molecule has 2 aromatic heterocycles. The number of rotatable bonds is 3. The van der Waals surface area contributed by atoms with Crippen molar-refractivity contribution in [3.05, 3.63) is 47.7 Å². The summed E-state index contributed by atoms with van der Waals surface area (Å²) in [6, 6.07) is 7.64. The van der Waals surface area contributed by atoms with Crippen LogP contribution < -0.4 is 5.32 Å². The predicted molar refractivity (Wildman–Crippen MR) is 75.2 cm³/mol. The Morgan fingerprint density at radius 1 is 1.40 bits per heavy atom. The van der Waals surface area contributed by atoms with Gasteiger partial charge in [0.2, 0.25) is 0 Å². The van der Waals surface area contributed by atoms with Gasteiger partial charge in [0, 0.05) is 29.7 Å². The fourth-order valence-electron chi connectivity index (χ4n) is 2.22. The number of aromatic amines is 1. The molecule has 3 aromatic rings. The number of benzene rings is 1. The second kappa shape index (κ2) is 4.80. The van der Waals surface area contributed by atoms with Crippen molar-refractivity contribution in [1.29, 1.82) is 0 Å². The van der Waals surface area contributed by atoms with Gasteiger partial charge in [-0.15, -0.1) is 0 Å². The normalized spacial score (nSPS) is 10.9. The molecule has 2 heterocycles. The zero-order valence-electron chi connectivity index (χ0n) is 11.3. The van der Waals surface area contributed by atoms with Crippen LogP contribution in [0.25, 0.3) is 10.9 Å². The summed E-state index contributed by atoms with van der Waals surface area (Å²) in [4.78, 5) is 16.4. The van der Waals surface area contributed by atoms with Gasteiger partial charge in [0.15, 0.2) is 5.82 Å². The van der Waals surface area contributed by atoms with Gasteiger partial charge in [-0.2, -0.15) is 5.10 Å². The number of H-pyrrole nitrogens is 1. The Bertz CT molecular complexity index is 771. The minimum atomic E-state index is -0.121. The van der Waals surface area contributed by atoms with E-state index in [0.717, 1.165) is 16.7 Å². The molecule has 0 radical (unpaired) electrons. The molecular weight excluding hydrogens is 254 g/mol. The molecule has 0 fully saturated rings. The summed E-state index contributed by atoms with van der Waals surface area (Å²) < 4.78 is 1.99. The standard InChI is InChI=1S/C14H15N5O/c1-9-16-13(18-17-9)8-15-14(20)11-4-3-5-12-10(11)6-7-19(12)2/h3-7H,8H2,1-2H3,(H,15,20)(H,16,17,18). The topological polar surface area (TPSA) is 75.6 Å². The molecule has 6 nitrogen and oxygen atoms in total. The van der Waals surface area contributed by atoms with Crippen LogP contribution in [0.2, 0.25) is 0 Å². The maximum Gasteiger partial charge on any atom is 0.252 e. The lowest BCUT2D eigenvalue weighted by molar-refractivity contribution is 0.0951. The smallest absolute Gasteiger partial charge is 0.252 e. The Balaban J connectivity index is 1.82. The van der Waals surface area contributed by atoms with Crippen molar-refractivity contribution < 1.29 is 4.79 Å². The Hall–Kier alpha value is -2.63. The summed E-state index contributed by atoms with van der Waals surface area (Å²) in [5.41, 5.74) is 1.70. The molecule has 20 heavy (non-hydrogen) atoms. The first-order valence-electron chi connectivity index (χ1n) is 6.35. The maximum absolute atomic E-state index is 12.3. The molecule has 0 saturated heterocycles. The molecular formula is C14H15N5O. The molecule has 2 N–H and O–H groups in total. The summed E-state index contributed by atoms with van der Waals surface area (Å²) in [5, 5.41) is 10.5. The number of hydrogen-bond donors (Lipinski definition) is 2. The third-order valence-electron chi connectivity index (χ3n) is 3.22. The number of carbonyl (C=O) groups is 1. The summed E-state index contributed by atoms with van der Waals surface area (Å²) >= 11 is 0. The fourth-order valence-corrected chi connectivity index (χ4v) is 2.22. The van der Waals surface area contributed by atoms with Crippen LogP contribution in [0.3, 0.4) is 0 Å². The molecule has 0 aliphatic heterocycles. The van der Waals surface area contributed by atoms with E-state index in [1.165, 1.54) is 0 Å². The molecule has 0 atom stereocenters. The highest BCUT2D eigenvalue weighted by atomic mass is 16.1. The zero-order chi connectivity index (χ0) is 14.1. The molecule has 6 heteroatoms. The predicted octanol–water partition coefficient (Wildman–Crippen LogP) is 1.53. The molecule has 102 valence electrons. The Morgan fingerprint density at radius 2 is 2.25 bits per heavy atom. The first kappa shape index (κ1) is 12.4. The van der Waals surface area contributed by atoms with Gasteiger partial charge in [-0.1, -0.05) is 6.07 Å². The number of fused-ring (bicyclic) bond motifs is 1. The summed E-state index contributed by atoms with van der Waals surface area (Å²) in [6.07, 6.45) is 1.94. The second-order valence-electron chi connectivity index (χ2n) is 4.68. The quantitative estimate of drug-likeness (QED) is 0.757. The number of aromatic nitrogens is 4. The van der Waals surface area contributed by atoms with Crippen LogP contribution in [0.5, 0.6) is 0 Å². The van der Waals surface area contributed by atoms with Gasteiger partial charge >= 0.3 is 0 Å². The van der Waals surface area contributed by atoms with Gasteiger partial charge in [-0.05, 0) is 25.1 Å². The molecule has 0 saturated carbocycles. The van der Waals surface area contributed by atoms with Crippen molar-refractivity contribution in [2.24, 2.45) is 7.05 Å². The first-order valence-corrected chi connectivity index (χ1v) is 6.35. The van der Waals surface area contributed by atoms with E-state index in [4.69, 9.17) is 0 Å². The van der Waals surface area contributed by atoms with Crippen LogP contribution >= 0.6 is 0 Å². The van der Waals surface area contributed by atoms with Crippen molar-refractivity contribution in [2.75, 3.05) is 0 Å². The van der Waals surface area contributed by atoms with Crippen LogP contribution in [0.15, 0.2) is 30.5 Å². The Morgan fingerprint density at radius 3 is 3.00 bits per heavy atom. The van der Waals surface area contributed by atoms with Gasteiger partial charge in [-0.25, -0.2) is 4.98 Å². The summed E-state index contributed by atoms with van der Waals surface area (Å²) in [6.45, 7) is 2.13. The van der Waals surface area contributed by atoms with Gasteiger partial charge in [0.05, 0.1) is 6.54 Å². The number of carbonyl (C=O) groups excluding carboxylic acids is 1. The van der Waals surface area contributed by atoms with E-state index >= 15 is 0 Å². The molecule has 0 unspecified atom stereocenters. The van der Waals surface area contributed by atoms with Crippen molar-refractivity contribution in [3.63, 3.8) is 0 Å². The minimum Gasteiger partial charge on any atom is -0.351 e. The van der Waals surface area contributed by atoms with E-state index in [-0.39, 0.29) is 5.91 Å². The van der Waals surface area contributed by atoms with Crippen LogP contribution in [-0.2, 0) is 13.6 Å². The molecule has 1 amide bonds. The summed E-state index contributed by atoms with van der Waals surface area (Å²) in [5.74, 6) is 1.19. The molecule has 0 aliphatic rings. The fraction of sp³-hybridized carbons (Fsp3) is 0.214. The SMILES string of the molecule is Cc1nc(CNC(=O)c2cccc3c2ccn3C)n[nH]1. The van der Waals surface area contributed by atoms with Crippen LogP contribution in [-0.4, -0.2) is 25.7 Å². The van der Waals surface area contributed by atoms with Crippen molar-refractivity contribution in [3.8, 4) is 0 Å². The highest BCUT2D eigenvalue weighted by Crippen LogP contribution is 2.19. The third-order valence-corrected chi connectivity index (χ3v) is 3.22. The van der Waals surface area contributed by atoms with Crippen LogP contribution in [0.4, 0.5) is 0 Å². The largest absolute Gasteiger partial charge is 0.351 e. The highest BCUT2D eigenvalue weighted by Gasteiger charge is 2.11. The highest BCUT2D eigenvalue weighted by molar-refractivity contribution is 6.06. The number of hydrogen-bond acceptors (Lipinski definition) is 3. The molecule has 1 aromatic carbocycles. The number of nitrogens with one attached hydrogen (secondary N) is 2. The van der Waals surface area contributed by atoms with E-state index in [9.17, 15) is 4.79 Å². The Kier molecular flexibility index (Phi) is 2.98. The zero-order valence-corrected chi connectivity index (χ0v) is 11.3. The average Bonchev–Trinajstić information content (AvgIpc) is 3.03. The van der Waals surface area contributed by atoms with Crippen molar-refractivity contribution >= 4 is 16.8 Å². The summed E-state index contributed by atoms with van der Waals surface area (Å²) in [7, 11) is 1.96. The lowest BCUT2D eigenvalue weighted by Gasteiger charge is -2.05. The molecule has 3 rings (SSSR count). The molecule has 0 bridgehead atoms. The maximum atomic E-state index is 12.3. The average molecular weight is 269 g/mol. The molecule has 0 spiro atoms. The third kappa shape index (κ3) is 2.16. The number of amides is 1. The van der Waals surface area contributed by atoms with E-state index in [2.05, 4.69) is 20.5 Å². The van der Waals surface area contributed by atoms with Gasteiger partial charge in [0.1, 0.15) is 5.82 Å². The number of aryl methyl sites for hydroxylation is 2.